The molecule has 1 atom stereocenters. The number of hydrogen-bond acceptors (Lipinski definition) is 4. The molecule has 0 radical (unpaired) electrons. The van der Waals surface area contributed by atoms with Crippen LogP contribution in [0.4, 0.5) is 4.39 Å². The molecule has 0 aliphatic heterocycles. The van der Waals surface area contributed by atoms with E-state index in [2.05, 4.69) is 30.3 Å². The van der Waals surface area contributed by atoms with Crippen LogP contribution in [0.5, 0.6) is 0 Å². The Hall–Kier alpha value is -2.69. The standard InChI is InChI=1S/C16H20FN3O3.C2H4/c1-16(2,18)13(15(22)20-23)19-14(21)12-8-6-11(7-9-12)5-3-4-10-17;1-2/h6-9,13,23H,4,10,18H2,1-2H3,(H,19,21)(H,20,22);1-2H2. The van der Waals surface area contributed by atoms with Crippen molar-refractivity contribution in [1.82, 2.24) is 10.8 Å². The molecule has 1 unspecified atom stereocenters. The predicted octanol–water partition coefficient (Wildman–Crippen LogP) is 1.54. The maximum Gasteiger partial charge on any atom is 0.267 e. The Labute approximate surface area is 147 Å². The number of halogens is 1. The second-order valence-electron chi connectivity index (χ2n) is 5.52. The van der Waals surface area contributed by atoms with Crippen molar-refractivity contribution in [1.29, 1.82) is 0 Å². The summed E-state index contributed by atoms with van der Waals surface area (Å²) in [5.41, 5.74) is 7.21. The predicted molar refractivity (Wildman–Crippen MR) is 94.6 cm³/mol. The van der Waals surface area contributed by atoms with Crippen molar-refractivity contribution in [3.05, 3.63) is 48.6 Å². The van der Waals surface area contributed by atoms with Gasteiger partial charge in [-0.3, -0.25) is 19.2 Å². The maximum atomic E-state index is 12.2. The Kier molecular flexibility index (Phi) is 9.79. The lowest BCUT2D eigenvalue weighted by Crippen LogP contribution is -2.61. The van der Waals surface area contributed by atoms with E-state index in [-0.39, 0.29) is 6.42 Å². The number of amides is 2. The summed E-state index contributed by atoms with van der Waals surface area (Å²) in [6, 6.07) is 5.20. The molecular weight excluding hydrogens is 325 g/mol. The third kappa shape index (κ3) is 7.61. The summed E-state index contributed by atoms with van der Waals surface area (Å²) in [5, 5.41) is 11.2. The third-order valence-electron chi connectivity index (χ3n) is 2.99. The van der Waals surface area contributed by atoms with E-state index < -0.39 is 30.1 Å². The zero-order valence-electron chi connectivity index (χ0n) is 14.4. The van der Waals surface area contributed by atoms with E-state index in [0.29, 0.717) is 11.1 Å². The average molecular weight is 349 g/mol. The van der Waals surface area contributed by atoms with Gasteiger partial charge >= 0.3 is 0 Å². The summed E-state index contributed by atoms with van der Waals surface area (Å²) in [6.45, 7) is 8.60. The van der Waals surface area contributed by atoms with E-state index in [1.807, 2.05) is 0 Å². The zero-order chi connectivity index (χ0) is 19.5. The van der Waals surface area contributed by atoms with Crippen molar-refractivity contribution < 1.29 is 19.2 Å². The van der Waals surface area contributed by atoms with Crippen LogP contribution in [-0.2, 0) is 4.79 Å². The molecule has 136 valence electrons. The molecular formula is C18H24FN3O3. The van der Waals surface area contributed by atoms with Crippen LogP contribution < -0.4 is 16.5 Å². The topological polar surface area (TPSA) is 104 Å². The lowest BCUT2D eigenvalue weighted by atomic mass is 9.95. The number of hydroxylamine groups is 1. The normalized spacial score (nSPS) is 11.1. The van der Waals surface area contributed by atoms with Gasteiger partial charge in [0.2, 0.25) is 0 Å². The van der Waals surface area contributed by atoms with Crippen LogP contribution in [0.2, 0.25) is 0 Å². The first kappa shape index (κ1) is 22.3. The first-order valence-electron chi connectivity index (χ1n) is 7.48. The van der Waals surface area contributed by atoms with Crippen LogP contribution in [0.15, 0.2) is 37.4 Å². The minimum atomic E-state index is -1.11. The Morgan fingerprint density at radius 3 is 2.32 bits per heavy atom. The van der Waals surface area contributed by atoms with E-state index in [9.17, 15) is 14.0 Å². The molecule has 0 aliphatic carbocycles. The highest BCUT2D eigenvalue weighted by Gasteiger charge is 2.33. The van der Waals surface area contributed by atoms with Gasteiger partial charge in [-0.25, -0.2) is 5.48 Å². The maximum absolute atomic E-state index is 12.2. The van der Waals surface area contributed by atoms with E-state index in [0.717, 1.165) is 0 Å². The van der Waals surface area contributed by atoms with Gasteiger partial charge in [-0.05, 0) is 38.1 Å². The van der Waals surface area contributed by atoms with Gasteiger partial charge in [0, 0.05) is 23.1 Å². The molecule has 0 fully saturated rings. The molecule has 6 nitrogen and oxygen atoms in total. The molecule has 0 saturated heterocycles. The van der Waals surface area contributed by atoms with E-state index in [4.69, 9.17) is 10.9 Å². The first-order valence-corrected chi connectivity index (χ1v) is 7.48. The van der Waals surface area contributed by atoms with Crippen molar-refractivity contribution in [3.8, 4) is 11.8 Å². The molecule has 7 heteroatoms. The molecule has 0 saturated carbocycles. The minimum absolute atomic E-state index is 0.159. The number of hydrogen-bond donors (Lipinski definition) is 4. The Morgan fingerprint density at radius 1 is 1.32 bits per heavy atom. The smallest absolute Gasteiger partial charge is 0.267 e. The summed E-state index contributed by atoms with van der Waals surface area (Å²) in [4.78, 5) is 23.8. The Morgan fingerprint density at radius 2 is 1.88 bits per heavy atom. The lowest BCUT2D eigenvalue weighted by molar-refractivity contribution is -0.132. The molecule has 0 bridgehead atoms. The fourth-order valence-electron chi connectivity index (χ4n) is 1.79. The zero-order valence-corrected chi connectivity index (χ0v) is 14.4. The quantitative estimate of drug-likeness (QED) is 0.280. The number of nitrogens with one attached hydrogen (secondary N) is 2. The lowest BCUT2D eigenvalue weighted by Gasteiger charge is -2.29. The molecule has 0 aliphatic rings. The van der Waals surface area contributed by atoms with E-state index in [1.165, 1.54) is 17.6 Å². The van der Waals surface area contributed by atoms with Gasteiger partial charge < -0.3 is 11.1 Å². The van der Waals surface area contributed by atoms with Gasteiger partial charge in [-0.2, -0.15) is 0 Å². The van der Waals surface area contributed by atoms with Crippen LogP contribution in [0.3, 0.4) is 0 Å². The molecule has 0 aromatic heterocycles. The SMILES string of the molecule is C=C.CC(C)(N)C(NC(=O)c1ccc(C#CCCF)cc1)C(=O)NO. The van der Waals surface area contributed by atoms with Crippen LogP contribution in [0, 0.1) is 11.8 Å². The van der Waals surface area contributed by atoms with Crippen LogP contribution in [0.1, 0.15) is 36.2 Å². The van der Waals surface area contributed by atoms with Crippen molar-refractivity contribution in [2.24, 2.45) is 5.73 Å². The number of alkyl halides is 1. The van der Waals surface area contributed by atoms with Crippen molar-refractivity contribution >= 4 is 11.8 Å². The van der Waals surface area contributed by atoms with Crippen molar-refractivity contribution in [2.75, 3.05) is 6.67 Å². The number of carbonyl (C=O) groups excluding carboxylic acids is 2. The molecule has 25 heavy (non-hydrogen) atoms. The van der Waals surface area contributed by atoms with Gasteiger partial charge in [0.1, 0.15) is 12.7 Å². The minimum Gasteiger partial charge on any atom is -0.338 e. The molecule has 2 amide bonds. The van der Waals surface area contributed by atoms with Crippen molar-refractivity contribution in [3.63, 3.8) is 0 Å². The summed E-state index contributed by atoms with van der Waals surface area (Å²) in [7, 11) is 0. The fourth-order valence-corrected chi connectivity index (χ4v) is 1.79. The van der Waals surface area contributed by atoms with Crippen LogP contribution >= 0.6 is 0 Å². The highest BCUT2D eigenvalue weighted by molar-refractivity contribution is 5.97. The van der Waals surface area contributed by atoms with Gasteiger partial charge in [0.25, 0.3) is 11.8 Å². The van der Waals surface area contributed by atoms with Crippen molar-refractivity contribution in [2.45, 2.75) is 31.8 Å². The molecule has 5 N–H and O–H groups in total. The second-order valence-corrected chi connectivity index (χ2v) is 5.52. The highest BCUT2D eigenvalue weighted by atomic mass is 19.1. The number of nitrogens with two attached hydrogens (primary N) is 1. The largest absolute Gasteiger partial charge is 0.338 e. The molecule has 0 spiro atoms. The molecule has 1 aromatic carbocycles. The molecule has 1 aromatic rings. The monoisotopic (exact) mass is 349 g/mol. The number of carbonyl (C=O) groups is 2. The van der Waals surface area contributed by atoms with Crippen LogP contribution in [0.25, 0.3) is 0 Å². The van der Waals surface area contributed by atoms with E-state index >= 15 is 0 Å². The first-order chi connectivity index (χ1) is 11.8. The van der Waals surface area contributed by atoms with Gasteiger partial charge in [0.05, 0.1) is 0 Å². The Balaban J connectivity index is 0.00000277. The highest BCUT2D eigenvalue weighted by Crippen LogP contribution is 2.09. The third-order valence-corrected chi connectivity index (χ3v) is 2.99. The molecule has 1 rings (SSSR count). The Bertz CT molecular complexity index is 628. The fraction of sp³-hybridized carbons (Fsp3) is 0.333. The summed E-state index contributed by atoms with van der Waals surface area (Å²) in [5.74, 6) is 4.10. The number of rotatable bonds is 5. The van der Waals surface area contributed by atoms with Gasteiger partial charge in [-0.15, -0.1) is 13.2 Å². The average Bonchev–Trinajstić information content (AvgIpc) is 2.60. The van der Waals surface area contributed by atoms with E-state index in [1.54, 1.807) is 26.0 Å². The molecule has 0 heterocycles. The van der Waals surface area contributed by atoms with Gasteiger partial charge in [0.15, 0.2) is 0 Å². The van der Waals surface area contributed by atoms with Gasteiger partial charge in [-0.1, -0.05) is 11.8 Å². The van der Waals surface area contributed by atoms with Crippen LogP contribution in [-0.4, -0.2) is 35.3 Å². The summed E-state index contributed by atoms with van der Waals surface area (Å²) < 4.78 is 12.0. The number of benzene rings is 1. The second kappa shape index (κ2) is 11.0. The summed E-state index contributed by atoms with van der Waals surface area (Å²) in [6.07, 6.45) is 0.159. The summed E-state index contributed by atoms with van der Waals surface area (Å²) >= 11 is 0.